The number of amides is 1. The maximum Gasteiger partial charge on any atom is 0.417 e. The van der Waals surface area contributed by atoms with Crippen LogP contribution in [-0.4, -0.2) is 35.6 Å². The summed E-state index contributed by atoms with van der Waals surface area (Å²) in [5, 5.41) is 9.23. The van der Waals surface area contributed by atoms with Gasteiger partial charge in [-0.25, -0.2) is 4.98 Å². The highest BCUT2D eigenvalue weighted by Crippen LogP contribution is 2.32. The zero-order valence-corrected chi connectivity index (χ0v) is 16.7. The van der Waals surface area contributed by atoms with Crippen molar-refractivity contribution in [3.8, 4) is 0 Å². The molecule has 3 rings (SSSR count). The monoisotopic (exact) mass is 448 g/mol. The smallest absolute Gasteiger partial charge is 0.368 e. The van der Waals surface area contributed by atoms with Gasteiger partial charge in [0.15, 0.2) is 0 Å². The summed E-state index contributed by atoms with van der Waals surface area (Å²) >= 11 is 5.81. The molecule has 3 N–H and O–H groups in total. The molecular formula is C16H22Cl3F3N4O. The van der Waals surface area contributed by atoms with Gasteiger partial charge >= 0.3 is 6.18 Å². The highest BCUT2D eigenvalue weighted by Gasteiger charge is 2.34. The molecule has 2 unspecified atom stereocenters. The van der Waals surface area contributed by atoms with Gasteiger partial charge in [0.25, 0.3) is 0 Å². The van der Waals surface area contributed by atoms with Gasteiger partial charge in [0.2, 0.25) is 5.91 Å². The molecule has 2 saturated heterocycles. The van der Waals surface area contributed by atoms with Crippen LogP contribution >= 0.6 is 36.4 Å². The Bertz CT molecular complexity index is 636. The summed E-state index contributed by atoms with van der Waals surface area (Å²) < 4.78 is 37.7. The average molecular weight is 450 g/mol. The first-order chi connectivity index (χ1) is 11.8. The molecule has 2 bridgehead atoms. The molecule has 1 aromatic rings. The topological polar surface area (TPSA) is 66.0 Å². The molecule has 0 radical (unpaired) electrons. The van der Waals surface area contributed by atoms with E-state index in [0.717, 1.165) is 37.9 Å². The standard InChI is InChI=1S/C16H20ClF3N4O.2ClH/c17-13-5-9(16(18,19)20)8-22-15(13)21-4-3-14(25)24-12-6-10-1-2-11(7-12)23-10;;/h5,8,10-12,23H,1-4,6-7H2,(H,21,22)(H,24,25);2*1H. The van der Waals surface area contributed by atoms with Gasteiger partial charge in [-0.2, -0.15) is 13.2 Å². The number of pyridine rings is 1. The SMILES string of the molecule is Cl.Cl.O=C(CCNc1ncc(C(F)(F)F)cc1Cl)NC1CC2CCC(C1)N2. The van der Waals surface area contributed by atoms with E-state index in [4.69, 9.17) is 11.6 Å². The molecule has 2 fully saturated rings. The average Bonchev–Trinajstić information content (AvgIpc) is 2.86. The van der Waals surface area contributed by atoms with Gasteiger partial charge in [-0.05, 0) is 31.7 Å². The van der Waals surface area contributed by atoms with Crippen molar-refractivity contribution < 1.29 is 18.0 Å². The minimum absolute atomic E-state index is 0. The molecule has 1 aromatic heterocycles. The fourth-order valence-electron chi connectivity index (χ4n) is 3.49. The van der Waals surface area contributed by atoms with Crippen molar-refractivity contribution in [3.05, 3.63) is 22.8 Å². The number of alkyl halides is 3. The molecule has 27 heavy (non-hydrogen) atoms. The van der Waals surface area contributed by atoms with Crippen molar-refractivity contribution >= 4 is 48.1 Å². The van der Waals surface area contributed by atoms with E-state index >= 15 is 0 Å². The van der Waals surface area contributed by atoms with E-state index in [1.165, 1.54) is 0 Å². The Morgan fingerprint density at radius 2 is 1.89 bits per heavy atom. The lowest BCUT2D eigenvalue weighted by atomic mass is 10.00. The first-order valence-corrected chi connectivity index (χ1v) is 8.71. The van der Waals surface area contributed by atoms with Gasteiger partial charge in [-0.15, -0.1) is 24.8 Å². The Hall–Kier alpha value is -0.960. The van der Waals surface area contributed by atoms with E-state index in [-0.39, 0.29) is 60.6 Å². The molecule has 0 spiro atoms. The highest BCUT2D eigenvalue weighted by atomic mass is 35.5. The zero-order chi connectivity index (χ0) is 18.0. The number of fused-ring (bicyclic) bond motifs is 2. The Morgan fingerprint density at radius 3 is 2.44 bits per heavy atom. The van der Waals surface area contributed by atoms with Crippen LogP contribution in [0.2, 0.25) is 5.02 Å². The molecule has 11 heteroatoms. The van der Waals surface area contributed by atoms with Crippen LogP contribution in [-0.2, 0) is 11.0 Å². The van der Waals surface area contributed by atoms with Gasteiger partial charge in [-0.1, -0.05) is 11.6 Å². The number of aromatic nitrogens is 1. The maximum atomic E-state index is 12.6. The normalized spacial score (nSPS) is 23.8. The number of rotatable bonds is 5. The summed E-state index contributed by atoms with van der Waals surface area (Å²) in [6, 6.07) is 2.01. The van der Waals surface area contributed by atoms with Gasteiger partial charge in [0.05, 0.1) is 10.6 Å². The summed E-state index contributed by atoms with van der Waals surface area (Å²) in [4.78, 5) is 15.7. The predicted molar refractivity (Wildman–Crippen MR) is 103 cm³/mol. The number of piperidine rings is 1. The Labute approximate surface area is 173 Å². The highest BCUT2D eigenvalue weighted by molar-refractivity contribution is 6.32. The van der Waals surface area contributed by atoms with Crippen molar-refractivity contribution in [1.82, 2.24) is 15.6 Å². The van der Waals surface area contributed by atoms with E-state index in [1.807, 2.05) is 0 Å². The summed E-state index contributed by atoms with van der Waals surface area (Å²) in [7, 11) is 0. The zero-order valence-electron chi connectivity index (χ0n) is 14.3. The molecule has 0 aromatic carbocycles. The van der Waals surface area contributed by atoms with E-state index in [2.05, 4.69) is 20.9 Å². The predicted octanol–water partition coefficient (Wildman–Crippen LogP) is 3.80. The molecule has 2 aliphatic rings. The van der Waals surface area contributed by atoms with Crippen LogP contribution in [0.25, 0.3) is 0 Å². The van der Waals surface area contributed by atoms with Crippen LogP contribution in [0, 0.1) is 0 Å². The lowest BCUT2D eigenvalue weighted by Gasteiger charge is -2.29. The summed E-state index contributed by atoms with van der Waals surface area (Å²) in [5.74, 6) is 0.0595. The van der Waals surface area contributed by atoms with E-state index in [1.54, 1.807) is 0 Å². The first-order valence-electron chi connectivity index (χ1n) is 8.33. The number of hydrogen-bond donors (Lipinski definition) is 3. The van der Waals surface area contributed by atoms with Gasteiger partial charge in [-0.3, -0.25) is 4.79 Å². The number of carbonyl (C=O) groups excluding carboxylic acids is 1. The van der Waals surface area contributed by atoms with Crippen molar-refractivity contribution in [2.75, 3.05) is 11.9 Å². The van der Waals surface area contributed by atoms with Gasteiger partial charge in [0.1, 0.15) is 5.82 Å². The lowest BCUT2D eigenvalue weighted by Crippen LogP contribution is -2.48. The molecule has 154 valence electrons. The number of halogens is 6. The van der Waals surface area contributed by atoms with E-state index in [9.17, 15) is 18.0 Å². The molecule has 3 heterocycles. The molecule has 5 nitrogen and oxygen atoms in total. The molecule has 2 aliphatic heterocycles. The lowest BCUT2D eigenvalue weighted by molar-refractivity contribution is -0.137. The van der Waals surface area contributed by atoms with Gasteiger partial charge < -0.3 is 16.0 Å². The van der Waals surface area contributed by atoms with Crippen molar-refractivity contribution in [3.63, 3.8) is 0 Å². The third-order valence-corrected chi connectivity index (χ3v) is 4.94. The van der Waals surface area contributed by atoms with Crippen LogP contribution in [0.5, 0.6) is 0 Å². The number of nitrogens with one attached hydrogen (secondary N) is 3. The number of anilines is 1. The summed E-state index contributed by atoms with van der Waals surface area (Å²) in [6.45, 7) is 0.252. The second kappa shape index (κ2) is 10.0. The third kappa shape index (κ3) is 6.55. The Balaban J connectivity index is 0.00000182. The van der Waals surface area contributed by atoms with E-state index in [0.29, 0.717) is 12.1 Å². The first kappa shape index (κ1) is 24.1. The van der Waals surface area contributed by atoms with Crippen molar-refractivity contribution in [2.45, 2.75) is 56.4 Å². The van der Waals surface area contributed by atoms with Crippen LogP contribution < -0.4 is 16.0 Å². The molecule has 0 saturated carbocycles. The quantitative estimate of drug-likeness (QED) is 0.640. The maximum absolute atomic E-state index is 12.6. The van der Waals surface area contributed by atoms with Gasteiger partial charge in [0, 0.05) is 37.3 Å². The minimum Gasteiger partial charge on any atom is -0.368 e. The van der Waals surface area contributed by atoms with Crippen molar-refractivity contribution in [1.29, 1.82) is 0 Å². The molecule has 1 amide bonds. The van der Waals surface area contributed by atoms with Crippen molar-refractivity contribution in [2.24, 2.45) is 0 Å². The summed E-state index contributed by atoms with van der Waals surface area (Å²) in [6.07, 6.45) is 0.665. The Kier molecular flexibility index (Phi) is 8.92. The van der Waals surface area contributed by atoms with Crippen LogP contribution in [0.3, 0.4) is 0 Å². The van der Waals surface area contributed by atoms with Crippen LogP contribution in [0.4, 0.5) is 19.0 Å². The second-order valence-corrected chi connectivity index (χ2v) is 7.01. The van der Waals surface area contributed by atoms with E-state index < -0.39 is 11.7 Å². The molecular weight excluding hydrogens is 428 g/mol. The fourth-order valence-corrected chi connectivity index (χ4v) is 3.73. The van der Waals surface area contributed by atoms with Crippen LogP contribution in [0.15, 0.2) is 12.3 Å². The summed E-state index contributed by atoms with van der Waals surface area (Å²) in [5.41, 5.74) is -0.902. The third-order valence-electron chi connectivity index (χ3n) is 4.65. The Morgan fingerprint density at radius 1 is 1.26 bits per heavy atom. The number of nitrogens with zero attached hydrogens (tertiary/aromatic N) is 1. The molecule has 2 atom stereocenters. The largest absolute Gasteiger partial charge is 0.417 e. The number of hydrogen-bond acceptors (Lipinski definition) is 4. The fraction of sp³-hybridized carbons (Fsp3) is 0.625. The van der Waals surface area contributed by atoms with Crippen LogP contribution in [0.1, 0.15) is 37.7 Å². The molecule has 0 aliphatic carbocycles. The number of carbonyl (C=O) groups is 1. The second-order valence-electron chi connectivity index (χ2n) is 6.60. The minimum atomic E-state index is -4.48.